The Morgan fingerprint density at radius 1 is 1.14 bits per heavy atom. The zero-order chi connectivity index (χ0) is 15.4. The highest BCUT2D eigenvalue weighted by molar-refractivity contribution is 6.31. The predicted octanol–water partition coefficient (Wildman–Crippen LogP) is 5.33. The third kappa shape index (κ3) is 4.19. The number of likely N-dealkylation sites (N-methyl/N-ethyl adjacent to an activating group) is 1. The van der Waals surface area contributed by atoms with Crippen LogP contribution in [-0.4, -0.2) is 6.54 Å². The largest absolute Gasteiger partial charge is 0.310 e. The van der Waals surface area contributed by atoms with Gasteiger partial charge in [-0.2, -0.15) is 0 Å². The van der Waals surface area contributed by atoms with Crippen LogP contribution in [-0.2, 0) is 6.42 Å². The molecule has 0 saturated heterocycles. The summed E-state index contributed by atoms with van der Waals surface area (Å²) in [4.78, 5) is 0. The highest BCUT2D eigenvalue weighted by atomic mass is 35.5. The Bertz CT molecular complexity index is 628. The molecule has 2 aromatic carbocycles. The second kappa shape index (κ2) is 7.26. The number of hydrogen-bond acceptors (Lipinski definition) is 1. The molecule has 0 spiro atoms. The van der Waals surface area contributed by atoms with Crippen molar-refractivity contribution < 1.29 is 4.39 Å². The van der Waals surface area contributed by atoms with E-state index in [9.17, 15) is 4.39 Å². The van der Waals surface area contributed by atoms with Crippen LogP contribution in [0, 0.1) is 12.7 Å². The van der Waals surface area contributed by atoms with Crippen molar-refractivity contribution in [1.29, 1.82) is 0 Å². The highest BCUT2D eigenvalue weighted by Crippen LogP contribution is 2.25. The Kier molecular flexibility index (Phi) is 5.63. The zero-order valence-corrected chi connectivity index (χ0v) is 13.6. The van der Waals surface area contributed by atoms with E-state index in [1.54, 1.807) is 6.07 Å². The van der Waals surface area contributed by atoms with Crippen LogP contribution < -0.4 is 5.32 Å². The first kappa shape index (κ1) is 16.3. The molecule has 1 unspecified atom stereocenters. The molecule has 2 rings (SSSR count). The van der Waals surface area contributed by atoms with Gasteiger partial charge in [-0.3, -0.25) is 0 Å². The quantitative estimate of drug-likeness (QED) is 0.782. The monoisotopic (exact) mass is 325 g/mol. The summed E-state index contributed by atoms with van der Waals surface area (Å²) in [5.74, 6) is -0.378. The zero-order valence-electron chi connectivity index (χ0n) is 12.1. The van der Waals surface area contributed by atoms with Gasteiger partial charge >= 0.3 is 0 Å². The first-order chi connectivity index (χ1) is 10.0. The van der Waals surface area contributed by atoms with Gasteiger partial charge in [0.1, 0.15) is 5.82 Å². The van der Waals surface area contributed by atoms with E-state index in [0.717, 1.165) is 22.7 Å². The second-order valence-electron chi connectivity index (χ2n) is 5.06. The number of hydrogen-bond donors (Lipinski definition) is 1. The highest BCUT2D eigenvalue weighted by Gasteiger charge is 2.14. The van der Waals surface area contributed by atoms with E-state index in [0.29, 0.717) is 6.42 Å². The lowest BCUT2D eigenvalue weighted by Crippen LogP contribution is -2.23. The van der Waals surface area contributed by atoms with Crippen molar-refractivity contribution in [3.8, 4) is 0 Å². The summed E-state index contributed by atoms with van der Waals surface area (Å²) in [6.07, 6.45) is 0.699. The number of aryl methyl sites for hydroxylation is 1. The van der Waals surface area contributed by atoms with Crippen molar-refractivity contribution in [2.75, 3.05) is 6.54 Å². The molecular weight excluding hydrogens is 308 g/mol. The lowest BCUT2D eigenvalue weighted by Gasteiger charge is -2.21. The Hall–Kier alpha value is -1.09. The van der Waals surface area contributed by atoms with Crippen LogP contribution in [0.15, 0.2) is 36.4 Å². The summed E-state index contributed by atoms with van der Waals surface area (Å²) in [5, 5.41) is 4.32. The average molecular weight is 326 g/mol. The smallest absolute Gasteiger partial charge is 0.142 e. The lowest BCUT2D eigenvalue weighted by atomic mass is 9.95. The van der Waals surface area contributed by atoms with E-state index in [-0.39, 0.29) is 16.9 Å². The van der Waals surface area contributed by atoms with E-state index in [2.05, 4.69) is 12.2 Å². The van der Waals surface area contributed by atoms with Crippen LogP contribution in [0.1, 0.15) is 29.7 Å². The number of nitrogens with one attached hydrogen (secondary N) is 1. The molecule has 112 valence electrons. The minimum atomic E-state index is -0.378. The normalized spacial score (nSPS) is 12.4. The van der Waals surface area contributed by atoms with Gasteiger partial charge in [0.2, 0.25) is 0 Å². The molecule has 0 fully saturated rings. The molecule has 0 bridgehead atoms. The van der Waals surface area contributed by atoms with Crippen molar-refractivity contribution in [2.45, 2.75) is 26.3 Å². The second-order valence-corrected chi connectivity index (χ2v) is 5.91. The SMILES string of the molecule is CCNC(Cc1ccc(Cl)c(F)c1)c1ccc(Cl)cc1C. The molecule has 0 aliphatic heterocycles. The molecule has 1 nitrogen and oxygen atoms in total. The molecule has 1 atom stereocenters. The van der Waals surface area contributed by atoms with E-state index >= 15 is 0 Å². The number of benzene rings is 2. The summed E-state index contributed by atoms with van der Waals surface area (Å²) < 4.78 is 13.6. The van der Waals surface area contributed by atoms with Crippen LogP contribution >= 0.6 is 23.2 Å². The summed E-state index contributed by atoms with van der Waals surface area (Å²) in [5.41, 5.74) is 3.22. The molecule has 0 aliphatic rings. The summed E-state index contributed by atoms with van der Waals surface area (Å²) in [7, 11) is 0. The fourth-order valence-corrected chi connectivity index (χ4v) is 2.82. The van der Waals surface area contributed by atoms with E-state index in [1.165, 1.54) is 11.6 Å². The molecular formula is C17H18Cl2FN. The maximum Gasteiger partial charge on any atom is 0.142 e. The van der Waals surface area contributed by atoms with Crippen molar-refractivity contribution >= 4 is 23.2 Å². The Labute approximate surface area is 135 Å². The Morgan fingerprint density at radius 3 is 2.52 bits per heavy atom. The van der Waals surface area contributed by atoms with Gasteiger partial charge in [-0.1, -0.05) is 42.3 Å². The van der Waals surface area contributed by atoms with Crippen molar-refractivity contribution in [3.63, 3.8) is 0 Å². The standard InChI is InChI=1S/C17H18Cl2FN/c1-3-21-17(14-6-5-13(18)8-11(14)2)10-12-4-7-15(19)16(20)9-12/h4-9,17,21H,3,10H2,1-2H3. The van der Waals surface area contributed by atoms with E-state index in [1.807, 2.05) is 31.2 Å². The van der Waals surface area contributed by atoms with Gasteiger partial charge < -0.3 is 5.32 Å². The molecule has 0 aromatic heterocycles. The van der Waals surface area contributed by atoms with Crippen LogP contribution in [0.4, 0.5) is 4.39 Å². The van der Waals surface area contributed by atoms with Gasteiger partial charge in [-0.05, 0) is 60.8 Å². The molecule has 0 heterocycles. The summed E-state index contributed by atoms with van der Waals surface area (Å²) >= 11 is 11.7. The van der Waals surface area contributed by atoms with Gasteiger partial charge in [0.05, 0.1) is 5.02 Å². The van der Waals surface area contributed by atoms with E-state index < -0.39 is 0 Å². The van der Waals surface area contributed by atoms with Gasteiger partial charge in [-0.15, -0.1) is 0 Å². The predicted molar refractivity (Wildman–Crippen MR) is 87.7 cm³/mol. The maximum atomic E-state index is 13.6. The van der Waals surface area contributed by atoms with Gasteiger partial charge in [-0.25, -0.2) is 4.39 Å². The average Bonchev–Trinajstić information content (AvgIpc) is 2.42. The topological polar surface area (TPSA) is 12.0 Å². The lowest BCUT2D eigenvalue weighted by molar-refractivity contribution is 0.544. The third-order valence-electron chi connectivity index (χ3n) is 3.48. The van der Waals surface area contributed by atoms with Crippen LogP contribution in [0.2, 0.25) is 10.0 Å². The van der Waals surface area contributed by atoms with Crippen molar-refractivity contribution in [1.82, 2.24) is 5.32 Å². The maximum absolute atomic E-state index is 13.6. The van der Waals surface area contributed by atoms with Gasteiger partial charge in [0.15, 0.2) is 0 Å². The fraction of sp³-hybridized carbons (Fsp3) is 0.294. The van der Waals surface area contributed by atoms with Crippen LogP contribution in [0.25, 0.3) is 0 Å². The molecule has 0 radical (unpaired) electrons. The molecule has 2 aromatic rings. The molecule has 0 aliphatic carbocycles. The van der Waals surface area contributed by atoms with E-state index in [4.69, 9.17) is 23.2 Å². The number of rotatable bonds is 5. The molecule has 21 heavy (non-hydrogen) atoms. The fourth-order valence-electron chi connectivity index (χ4n) is 2.47. The summed E-state index contributed by atoms with van der Waals surface area (Å²) in [6.45, 7) is 4.93. The van der Waals surface area contributed by atoms with Crippen LogP contribution in [0.3, 0.4) is 0 Å². The van der Waals surface area contributed by atoms with Gasteiger partial charge in [0.25, 0.3) is 0 Å². The van der Waals surface area contributed by atoms with Crippen molar-refractivity contribution in [2.24, 2.45) is 0 Å². The first-order valence-corrected chi connectivity index (χ1v) is 7.70. The molecule has 1 N–H and O–H groups in total. The first-order valence-electron chi connectivity index (χ1n) is 6.94. The van der Waals surface area contributed by atoms with Crippen molar-refractivity contribution in [3.05, 3.63) is 69.0 Å². The minimum absolute atomic E-state index is 0.118. The molecule has 0 amide bonds. The minimum Gasteiger partial charge on any atom is -0.310 e. The van der Waals surface area contributed by atoms with Gasteiger partial charge in [0, 0.05) is 11.1 Å². The summed E-state index contributed by atoms with van der Waals surface area (Å²) in [6, 6.07) is 10.9. The molecule has 0 saturated carbocycles. The molecule has 4 heteroatoms. The Balaban J connectivity index is 2.28. The number of halogens is 3. The Morgan fingerprint density at radius 2 is 1.90 bits per heavy atom. The third-order valence-corrected chi connectivity index (χ3v) is 4.02. The van der Waals surface area contributed by atoms with Crippen LogP contribution in [0.5, 0.6) is 0 Å².